The number of carbonyl (C=O) groups is 5. The number of piperidine rings is 1. The minimum absolute atomic E-state index is 0.0489. The number of amides is 5. The van der Waals surface area contributed by atoms with Gasteiger partial charge in [-0.15, -0.1) is 0 Å². The third-order valence-electron chi connectivity index (χ3n) is 8.57. The zero-order valence-electron chi connectivity index (χ0n) is 24.6. The van der Waals surface area contributed by atoms with E-state index in [1.807, 2.05) is 41.5 Å². The predicted octanol–water partition coefficient (Wildman–Crippen LogP) is 0.294. The molecule has 0 aromatic heterocycles. The van der Waals surface area contributed by atoms with Crippen molar-refractivity contribution in [3.05, 3.63) is 0 Å². The van der Waals surface area contributed by atoms with Crippen LogP contribution >= 0.6 is 0 Å². The molecule has 0 bridgehead atoms. The highest BCUT2D eigenvalue weighted by Crippen LogP contribution is 2.65. The molecular weight excluding hydrogens is 502 g/mol. The number of aliphatic hydroxyl groups is 1. The lowest BCUT2D eigenvalue weighted by atomic mass is 9.84. The Morgan fingerprint density at radius 3 is 2.23 bits per heavy atom. The Labute approximate surface area is 231 Å². The van der Waals surface area contributed by atoms with Crippen LogP contribution in [0.5, 0.6) is 0 Å². The first-order chi connectivity index (χ1) is 17.8. The van der Waals surface area contributed by atoms with E-state index in [4.69, 9.17) is 5.73 Å². The van der Waals surface area contributed by atoms with Crippen molar-refractivity contribution >= 4 is 29.5 Å². The third-order valence-corrected chi connectivity index (χ3v) is 8.57. The summed E-state index contributed by atoms with van der Waals surface area (Å²) in [5.41, 5.74) is 4.31. The number of hydrogen-bond donors (Lipinski definition) is 5. The van der Waals surface area contributed by atoms with Crippen molar-refractivity contribution in [3.8, 4) is 0 Å². The zero-order valence-corrected chi connectivity index (χ0v) is 24.6. The topological polar surface area (TPSA) is 171 Å². The summed E-state index contributed by atoms with van der Waals surface area (Å²) in [6.45, 7) is 16.4. The molecule has 2 aliphatic heterocycles. The molecule has 1 aliphatic carbocycles. The van der Waals surface area contributed by atoms with E-state index in [2.05, 4.69) is 29.8 Å². The van der Waals surface area contributed by atoms with Crippen LogP contribution < -0.4 is 21.7 Å². The highest BCUT2D eigenvalue weighted by Gasteiger charge is 2.70. The van der Waals surface area contributed by atoms with Gasteiger partial charge in [-0.05, 0) is 40.9 Å². The number of fused-ring (bicyclic) bond motifs is 1. The van der Waals surface area contributed by atoms with Gasteiger partial charge in [0.1, 0.15) is 12.1 Å². The van der Waals surface area contributed by atoms with Crippen molar-refractivity contribution in [2.24, 2.45) is 39.7 Å². The highest BCUT2D eigenvalue weighted by molar-refractivity contribution is 5.94. The van der Waals surface area contributed by atoms with E-state index in [1.54, 1.807) is 4.90 Å². The Kier molecular flexibility index (Phi) is 8.47. The predicted molar refractivity (Wildman–Crippen MR) is 145 cm³/mol. The SMILES string of the molecule is CC(C)(C)CC(=O)N[C@H](C(=O)N1C[C@H]2[C@@H]([C@H]1C(=O)N[C@@H](C[C@@H]1CCNC1=O)C(O)C(N)=O)C2(C)C)C(C)(C)C. The summed E-state index contributed by atoms with van der Waals surface area (Å²) >= 11 is 0. The number of nitrogens with two attached hydrogens (primary N) is 1. The van der Waals surface area contributed by atoms with E-state index in [9.17, 15) is 29.1 Å². The second-order valence-corrected chi connectivity index (χ2v) is 14.5. The van der Waals surface area contributed by atoms with E-state index in [0.29, 0.717) is 19.5 Å². The maximum atomic E-state index is 14.0. The van der Waals surface area contributed by atoms with Gasteiger partial charge in [0.25, 0.3) is 0 Å². The Morgan fingerprint density at radius 2 is 1.74 bits per heavy atom. The minimum atomic E-state index is -1.69. The Morgan fingerprint density at radius 1 is 1.13 bits per heavy atom. The lowest BCUT2D eigenvalue weighted by Gasteiger charge is -2.38. The van der Waals surface area contributed by atoms with E-state index in [1.165, 1.54) is 0 Å². The van der Waals surface area contributed by atoms with Crippen molar-refractivity contribution in [2.45, 2.75) is 98.9 Å². The van der Waals surface area contributed by atoms with E-state index < -0.39 is 47.4 Å². The van der Waals surface area contributed by atoms with Gasteiger partial charge in [0.15, 0.2) is 6.10 Å². The van der Waals surface area contributed by atoms with Crippen LogP contribution in [0.25, 0.3) is 0 Å². The van der Waals surface area contributed by atoms with Crippen LogP contribution in [0, 0.1) is 34.0 Å². The summed E-state index contributed by atoms with van der Waals surface area (Å²) < 4.78 is 0. The number of aliphatic hydroxyl groups excluding tert-OH is 1. The average Bonchev–Trinajstić information content (AvgIpc) is 3.14. The largest absolute Gasteiger partial charge is 0.381 e. The molecule has 3 aliphatic rings. The molecule has 3 rings (SSSR count). The number of carbonyl (C=O) groups excluding carboxylic acids is 5. The number of hydrogen-bond acceptors (Lipinski definition) is 6. The van der Waals surface area contributed by atoms with Crippen LogP contribution in [0.3, 0.4) is 0 Å². The monoisotopic (exact) mass is 549 g/mol. The van der Waals surface area contributed by atoms with Gasteiger partial charge in [0.2, 0.25) is 29.5 Å². The van der Waals surface area contributed by atoms with Gasteiger partial charge >= 0.3 is 0 Å². The lowest BCUT2D eigenvalue weighted by Crippen LogP contribution is -2.61. The van der Waals surface area contributed by atoms with Crippen LogP contribution in [0.2, 0.25) is 0 Å². The van der Waals surface area contributed by atoms with Crippen molar-refractivity contribution < 1.29 is 29.1 Å². The molecule has 0 aromatic carbocycles. The summed E-state index contributed by atoms with van der Waals surface area (Å²) in [6.07, 6.45) is -0.872. The Balaban J connectivity index is 1.85. The minimum Gasteiger partial charge on any atom is -0.381 e. The van der Waals surface area contributed by atoms with E-state index in [-0.39, 0.29) is 53.2 Å². The molecule has 7 atom stereocenters. The number of likely N-dealkylation sites (tertiary alicyclic amines) is 1. The normalized spacial score (nSPS) is 28.1. The van der Waals surface area contributed by atoms with Gasteiger partial charge in [-0.3, -0.25) is 24.0 Å². The molecule has 11 heteroatoms. The first-order valence-electron chi connectivity index (χ1n) is 13.9. The van der Waals surface area contributed by atoms with Crippen molar-refractivity contribution in [1.29, 1.82) is 0 Å². The van der Waals surface area contributed by atoms with Gasteiger partial charge in [0, 0.05) is 25.4 Å². The number of rotatable bonds is 9. The van der Waals surface area contributed by atoms with Crippen molar-refractivity contribution in [3.63, 3.8) is 0 Å². The van der Waals surface area contributed by atoms with Crippen LogP contribution in [0.4, 0.5) is 0 Å². The maximum absolute atomic E-state index is 14.0. The number of nitrogens with zero attached hydrogens (tertiary/aromatic N) is 1. The summed E-state index contributed by atoms with van der Waals surface area (Å²) in [7, 11) is 0. The summed E-state index contributed by atoms with van der Waals surface area (Å²) in [5, 5.41) is 18.9. The molecule has 220 valence electrons. The van der Waals surface area contributed by atoms with Gasteiger partial charge in [-0.25, -0.2) is 0 Å². The summed E-state index contributed by atoms with van der Waals surface area (Å²) in [5.74, 6) is -2.77. The molecular formula is C28H47N5O6. The fourth-order valence-corrected chi connectivity index (χ4v) is 6.23. The van der Waals surface area contributed by atoms with Gasteiger partial charge in [0.05, 0.1) is 6.04 Å². The molecule has 1 saturated carbocycles. The Bertz CT molecular complexity index is 1010. The Hall–Kier alpha value is -2.69. The molecule has 0 radical (unpaired) electrons. The molecule has 2 heterocycles. The quantitative estimate of drug-likeness (QED) is 0.277. The molecule has 5 amide bonds. The fourth-order valence-electron chi connectivity index (χ4n) is 6.23. The molecule has 0 aromatic rings. The molecule has 2 saturated heterocycles. The first-order valence-corrected chi connectivity index (χ1v) is 13.9. The van der Waals surface area contributed by atoms with Gasteiger partial charge in [-0.2, -0.15) is 0 Å². The fraction of sp³-hybridized carbons (Fsp3) is 0.821. The average molecular weight is 550 g/mol. The molecule has 39 heavy (non-hydrogen) atoms. The lowest BCUT2D eigenvalue weighted by molar-refractivity contribution is -0.146. The third kappa shape index (κ3) is 6.73. The van der Waals surface area contributed by atoms with Crippen molar-refractivity contribution in [2.75, 3.05) is 13.1 Å². The highest BCUT2D eigenvalue weighted by atomic mass is 16.3. The van der Waals surface area contributed by atoms with Crippen LogP contribution in [0.15, 0.2) is 0 Å². The smallest absolute Gasteiger partial charge is 0.248 e. The van der Waals surface area contributed by atoms with Crippen LogP contribution in [-0.4, -0.2) is 76.9 Å². The molecule has 3 fully saturated rings. The first kappa shape index (κ1) is 30.8. The number of nitrogens with one attached hydrogen (secondary N) is 3. The second kappa shape index (κ2) is 10.7. The van der Waals surface area contributed by atoms with Gasteiger partial charge < -0.3 is 31.7 Å². The number of primary amides is 1. The van der Waals surface area contributed by atoms with Gasteiger partial charge in [-0.1, -0.05) is 55.4 Å². The van der Waals surface area contributed by atoms with Crippen molar-refractivity contribution in [1.82, 2.24) is 20.9 Å². The van der Waals surface area contributed by atoms with E-state index >= 15 is 0 Å². The molecule has 6 N–H and O–H groups in total. The molecule has 0 spiro atoms. The molecule has 11 nitrogen and oxygen atoms in total. The van der Waals surface area contributed by atoms with Crippen LogP contribution in [0.1, 0.15) is 74.7 Å². The molecule has 1 unspecified atom stereocenters. The summed E-state index contributed by atoms with van der Waals surface area (Å²) in [6, 6.07) is -2.77. The zero-order chi connectivity index (χ0) is 29.7. The second-order valence-electron chi connectivity index (χ2n) is 14.5. The van der Waals surface area contributed by atoms with Crippen LogP contribution in [-0.2, 0) is 24.0 Å². The van der Waals surface area contributed by atoms with E-state index in [0.717, 1.165) is 0 Å². The standard InChI is InChI=1S/C28H47N5O6/c1-26(2,3)12-17(34)32-21(27(4,5)6)25(39)33-13-15-18(28(15,7)8)19(33)24(38)31-16(20(35)22(29)36)11-14-9-10-30-23(14)37/h14-16,18-21,35H,9-13H2,1-8H3,(H2,29,36)(H,30,37)(H,31,38)(H,32,34)/t14-,15-,16-,18-,19-,20?,21+/m0/s1. The maximum Gasteiger partial charge on any atom is 0.248 e. The summed E-state index contributed by atoms with van der Waals surface area (Å²) in [4.78, 5) is 66.2.